The maximum Gasteiger partial charge on any atom is 0.335 e. The van der Waals surface area contributed by atoms with E-state index in [1.165, 1.54) is 4.90 Å². The second-order valence-corrected chi connectivity index (χ2v) is 4.97. The number of hydrogen-bond donors (Lipinski definition) is 2. The molecule has 1 aliphatic rings. The molecule has 1 atom stereocenters. The fourth-order valence-electron chi connectivity index (χ4n) is 2.62. The molecule has 1 fully saturated rings. The van der Waals surface area contributed by atoms with Crippen molar-refractivity contribution in [3.05, 3.63) is 29.3 Å². The van der Waals surface area contributed by atoms with Crippen molar-refractivity contribution in [2.75, 3.05) is 18.1 Å². The minimum atomic E-state index is -1.37. The summed E-state index contributed by atoms with van der Waals surface area (Å²) in [6.45, 7) is 0.269. The van der Waals surface area contributed by atoms with E-state index >= 15 is 0 Å². The lowest BCUT2D eigenvalue weighted by atomic mass is 10.1. The Hall–Kier alpha value is -1.69. The summed E-state index contributed by atoms with van der Waals surface area (Å²) in [7, 11) is 0. The van der Waals surface area contributed by atoms with Gasteiger partial charge in [-0.2, -0.15) is 0 Å². The third kappa shape index (κ3) is 2.90. The van der Waals surface area contributed by atoms with Crippen LogP contribution >= 0.6 is 0 Å². The van der Waals surface area contributed by atoms with Crippen LogP contribution in [0.4, 0.5) is 14.5 Å². The molecule has 110 valence electrons. The molecule has 1 aliphatic heterocycles. The Morgan fingerprint density at radius 2 is 1.90 bits per heavy atom. The minimum Gasteiger partial charge on any atom is -0.478 e. The first-order valence-electron chi connectivity index (χ1n) is 6.64. The van der Waals surface area contributed by atoms with Gasteiger partial charge < -0.3 is 15.1 Å². The molecule has 0 aliphatic carbocycles. The van der Waals surface area contributed by atoms with Gasteiger partial charge in [0.1, 0.15) is 17.3 Å². The molecule has 0 spiro atoms. The van der Waals surface area contributed by atoms with Crippen LogP contribution in [0.5, 0.6) is 0 Å². The van der Waals surface area contributed by atoms with E-state index in [1.807, 2.05) is 0 Å². The van der Waals surface area contributed by atoms with Gasteiger partial charge >= 0.3 is 5.97 Å². The molecule has 1 unspecified atom stereocenters. The molecule has 6 heteroatoms. The average molecular weight is 285 g/mol. The van der Waals surface area contributed by atoms with Crippen LogP contribution < -0.4 is 4.90 Å². The monoisotopic (exact) mass is 285 g/mol. The van der Waals surface area contributed by atoms with Crippen LogP contribution in [-0.2, 0) is 0 Å². The van der Waals surface area contributed by atoms with Crippen molar-refractivity contribution < 1.29 is 23.8 Å². The number of carboxylic acids is 1. The second-order valence-electron chi connectivity index (χ2n) is 4.97. The Kier molecular flexibility index (Phi) is 4.54. The van der Waals surface area contributed by atoms with Crippen LogP contribution in [0.3, 0.4) is 0 Å². The number of aromatic carboxylic acids is 1. The van der Waals surface area contributed by atoms with Gasteiger partial charge in [0.2, 0.25) is 0 Å². The predicted octanol–water partition coefficient (Wildman–Crippen LogP) is 2.40. The Bertz CT molecular complexity index is 484. The zero-order valence-corrected chi connectivity index (χ0v) is 11.0. The highest BCUT2D eigenvalue weighted by atomic mass is 19.1. The third-order valence-electron chi connectivity index (χ3n) is 3.64. The molecule has 2 N–H and O–H groups in total. The molecular weight excluding hydrogens is 268 g/mol. The van der Waals surface area contributed by atoms with E-state index < -0.39 is 23.2 Å². The van der Waals surface area contributed by atoms with Crippen LogP contribution in [0.1, 0.15) is 36.0 Å². The summed E-state index contributed by atoms with van der Waals surface area (Å²) < 4.78 is 28.1. The lowest BCUT2D eigenvalue weighted by molar-refractivity contribution is 0.0695. The van der Waals surface area contributed by atoms with E-state index in [4.69, 9.17) is 5.11 Å². The summed E-state index contributed by atoms with van der Waals surface area (Å²) in [4.78, 5) is 12.3. The van der Waals surface area contributed by atoms with Crippen molar-refractivity contribution in [1.29, 1.82) is 0 Å². The maximum absolute atomic E-state index is 14.1. The number of benzene rings is 1. The molecule has 0 radical (unpaired) electrons. The molecule has 4 nitrogen and oxygen atoms in total. The number of aliphatic hydroxyl groups excluding tert-OH is 1. The van der Waals surface area contributed by atoms with Gasteiger partial charge in [-0.05, 0) is 25.0 Å². The molecule has 1 aromatic carbocycles. The van der Waals surface area contributed by atoms with Crippen LogP contribution in [0.2, 0.25) is 0 Å². The van der Waals surface area contributed by atoms with Crippen LogP contribution in [0, 0.1) is 11.6 Å². The fourth-order valence-corrected chi connectivity index (χ4v) is 2.62. The van der Waals surface area contributed by atoms with Gasteiger partial charge in [-0.25, -0.2) is 13.6 Å². The fraction of sp³-hybridized carbons (Fsp3) is 0.500. The number of hydrogen-bond acceptors (Lipinski definition) is 3. The van der Waals surface area contributed by atoms with E-state index in [1.54, 1.807) is 0 Å². The third-order valence-corrected chi connectivity index (χ3v) is 3.64. The molecule has 0 amide bonds. The molecule has 0 saturated carbocycles. The molecular formula is C14H17F2NO3. The Labute approximate surface area is 115 Å². The van der Waals surface area contributed by atoms with Crippen molar-refractivity contribution >= 4 is 11.7 Å². The lowest BCUT2D eigenvalue weighted by Crippen LogP contribution is -2.38. The van der Waals surface area contributed by atoms with Gasteiger partial charge in [0, 0.05) is 6.54 Å². The highest BCUT2D eigenvalue weighted by Crippen LogP contribution is 2.30. The number of rotatable bonds is 3. The van der Waals surface area contributed by atoms with Gasteiger partial charge in [-0.1, -0.05) is 12.8 Å². The van der Waals surface area contributed by atoms with Gasteiger partial charge in [-0.3, -0.25) is 0 Å². The number of carboxylic acid groups (broad SMARTS) is 1. The summed E-state index contributed by atoms with van der Waals surface area (Å²) in [5.41, 5.74) is -0.657. The zero-order chi connectivity index (χ0) is 14.7. The molecule has 2 rings (SSSR count). The molecule has 1 aromatic rings. The topological polar surface area (TPSA) is 60.8 Å². The van der Waals surface area contributed by atoms with E-state index in [0.29, 0.717) is 13.0 Å². The smallest absolute Gasteiger partial charge is 0.335 e. The van der Waals surface area contributed by atoms with Gasteiger partial charge in [0.15, 0.2) is 0 Å². The molecule has 1 saturated heterocycles. The number of nitrogens with zero attached hydrogens (tertiary/aromatic N) is 1. The Morgan fingerprint density at radius 1 is 1.25 bits per heavy atom. The predicted molar refractivity (Wildman–Crippen MR) is 70.0 cm³/mol. The Balaban J connectivity index is 2.42. The zero-order valence-electron chi connectivity index (χ0n) is 11.0. The largest absolute Gasteiger partial charge is 0.478 e. The summed E-state index contributed by atoms with van der Waals surface area (Å²) in [6, 6.07) is 1.30. The number of halogens is 2. The lowest BCUT2D eigenvalue weighted by Gasteiger charge is -2.31. The first-order chi connectivity index (χ1) is 9.54. The summed E-state index contributed by atoms with van der Waals surface area (Å²) in [5, 5.41) is 18.2. The number of aliphatic hydroxyl groups is 1. The summed E-state index contributed by atoms with van der Waals surface area (Å²) in [6.07, 6.45) is 3.30. The van der Waals surface area contributed by atoms with Gasteiger partial charge in [-0.15, -0.1) is 0 Å². The molecule has 0 aromatic heterocycles. The first kappa shape index (κ1) is 14.7. The minimum absolute atomic E-state index is 0.181. The van der Waals surface area contributed by atoms with Gasteiger partial charge in [0.25, 0.3) is 0 Å². The molecule has 1 heterocycles. The first-order valence-corrected chi connectivity index (χ1v) is 6.64. The SMILES string of the molecule is O=C(O)c1cc(F)c(N2CCCCCC2CO)c(F)c1. The van der Waals surface area contributed by atoms with E-state index in [-0.39, 0.29) is 18.3 Å². The van der Waals surface area contributed by atoms with Crippen molar-refractivity contribution in [3.63, 3.8) is 0 Å². The summed E-state index contributed by atoms with van der Waals surface area (Å²) >= 11 is 0. The van der Waals surface area contributed by atoms with E-state index in [0.717, 1.165) is 31.4 Å². The second kappa shape index (κ2) is 6.17. The van der Waals surface area contributed by atoms with Crippen molar-refractivity contribution in [2.45, 2.75) is 31.7 Å². The van der Waals surface area contributed by atoms with Crippen LogP contribution in [0.25, 0.3) is 0 Å². The highest BCUT2D eigenvalue weighted by molar-refractivity contribution is 5.88. The van der Waals surface area contributed by atoms with Crippen LogP contribution in [0.15, 0.2) is 12.1 Å². The Morgan fingerprint density at radius 3 is 2.45 bits per heavy atom. The normalized spacial score (nSPS) is 19.8. The average Bonchev–Trinajstić information content (AvgIpc) is 2.63. The van der Waals surface area contributed by atoms with Crippen molar-refractivity contribution in [2.24, 2.45) is 0 Å². The quantitative estimate of drug-likeness (QED) is 0.895. The van der Waals surface area contributed by atoms with Crippen molar-refractivity contribution in [1.82, 2.24) is 0 Å². The summed E-state index contributed by atoms with van der Waals surface area (Å²) in [5.74, 6) is -3.17. The van der Waals surface area contributed by atoms with Crippen LogP contribution in [-0.4, -0.2) is 35.4 Å². The van der Waals surface area contributed by atoms with E-state index in [2.05, 4.69) is 0 Å². The standard InChI is InChI=1S/C14H17F2NO3/c15-11-6-9(14(19)20)7-12(16)13(11)17-5-3-1-2-4-10(17)8-18/h6-7,10,18H,1-5,8H2,(H,19,20). The highest BCUT2D eigenvalue weighted by Gasteiger charge is 2.26. The molecule has 0 bridgehead atoms. The van der Waals surface area contributed by atoms with Crippen molar-refractivity contribution in [3.8, 4) is 0 Å². The maximum atomic E-state index is 14.1. The van der Waals surface area contributed by atoms with Gasteiger partial charge in [0.05, 0.1) is 18.2 Å². The van der Waals surface area contributed by atoms with E-state index in [9.17, 15) is 18.7 Å². The number of anilines is 1. The molecule has 20 heavy (non-hydrogen) atoms. The number of carbonyl (C=O) groups is 1.